The van der Waals surface area contributed by atoms with Crippen LogP contribution in [0.5, 0.6) is 0 Å². The van der Waals surface area contributed by atoms with Gasteiger partial charge in [-0.15, -0.1) is 0 Å². The fourth-order valence-electron chi connectivity index (χ4n) is 2.46. The van der Waals surface area contributed by atoms with Crippen LogP contribution >= 0.6 is 0 Å². The molecule has 2 aromatic rings. The van der Waals surface area contributed by atoms with Gasteiger partial charge in [0, 0.05) is 12.2 Å². The van der Waals surface area contributed by atoms with Gasteiger partial charge in [0.15, 0.2) is 0 Å². The summed E-state index contributed by atoms with van der Waals surface area (Å²) in [5.74, 6) is 0.524. The molecule has 0 spiro atoms. The Labute approximate surface area is 103 Å². The van der Waals surface area contributed by atoms with Crippen molar-refractivity contribution in [3.05, 3.63) is 35.8 Å². The molecule has 0 aliphatic carbocycles. The molecule has 0 saturated heterocycles. The fourth-order valence-corrected chi connectivity index (χ4v) is 2.46. The Morgan fingerprint density at radius 1 is 1.35 bits per heavy atom. The van der Waals surface area contributed by atoms with Crippen molar-refractivity contribution in [2.45, 2.75) is 39.7 Å². The van der Waals surface area contributed by atoms with Crippen molar-refractivity contribution in [2.24, 2.45) is 11.7 Å². The van der Waals surface area contributed by atoms with Crippen molar-refractivity contribution in [3.8, 4) is 0 Å². The van der Waals surface area contributed by atoms with Gasteiger partial charge in [0.2, 0.25) is 0 Å². The van der Waals surface area contributed by atoms with E-state index in [2.05, 4.69) is 36.2 Å². The molecule has 92 valence electrons. The van der Waals surface area contributed by atoms with Crippen LogP contribution in [0.3, 0.4) is 0 Å². The zero-order chi connectivity index (χ0) is 12.4. The number of imidazole rings is 1. The maximum Gasteiger partial charge on any atom is 0.139 e. The number of pyridine rings is 1. The summed E-state index contributed by atoms with van der Waals surface area (Å²) in [5.41, 5.74) is 9.69. The van der Waals surface area contributed by atoms with Gasteiger partial charge >= 0.3 is 0 Å². The molecule has 2 aromatic heterocycles. The van der Waals surface area contributed by atoms with Crippen LogP contribution in [-0.2, 0) is 0 Å². The zero-order valence-electron chi connectivity index (χ0n) is 10.9. The van der Waals surface area contributed by atoms with E-state index in [9.17, 15) is 0 Å². The number of fused-ring (bicyclic) bond motifs is 1. The minimum Gasteiger partial charge on any atom is -0.322 e. The quantitative estimate of drug-likeness (QED) is 0.878. The first-order valence-electron chi connectivity index (χ1n) is 6.37. The van der Waals surface area contributed by atoms with Crippen molar-refractivity contribution in [2.75, 3.05) is 0 Å². The van der Waals surface area contributed by atoms with Gasteiger partial charge in [-0.1, -0.05) is 32.8 Å². The third-order valence-electron chi connectivity index (χ3n) is 3.66. The van der Waals surface area contributed by atoms with Crippen molar-refractivity contribution >= 4 is 5.65 Å². The molecular weight excluding hydrogens is 210 g/mol. The Hall–Kier alpha value is -1.35. The highest BCUT2D eigenvalue weighted by atomic mass is 15.0. The highest BCUT2D eigenvalue weighted by Gasteiger charge is 2.19. The van der Waals surface area contributed by atoms with Gasteiger partial charge in [-0.3, -0.25) is 0 Å². The number of aromatic nitrogens is 2. The molecule has 2 heterocycles. The van der Waals surface area contributed by atoms with E-state index in [0.717, 1.165) is 24.2 Å². The first-order valence-corrected chi connectivity index (χ1v) is 6.37. The first kappa shape index (κ1) is 12.1. The molecule has 0 amide bonds. The van der Waals surface area contributed by atoms with Crippen LogP contribution < -0.4 is 5.73 Å². The summed E-state index contributed by atoms with van der Waals surface area (Å²) in [6.07, 6.45) is 6.19. The monoisotopic (exact) mass is 231 g/mol. The van der Waals surface area contributed by atoms with E-state index in [-0.39, 0.29) is 6.04 Å². The maximum absolute atomic E-state index is 6.36. The van der Waals surface area contributed by atoms with Gasteiger partial charge in [-0.25, -0.2) is 4.98 Å². The predicted molar refractivity (Wildman–Crippen MR) is 70.9 cm³/mol. The molecule has 2 rings (SSSR count). The summed E-state index contributed by atoms with van der Waals surface area (Å²) < 4.78 is 2.12. The van der Waals surface area contributed by atoms with Gasteiger partial charge in [0.25, 0.3) is 0 Å². The van der Waals surface area contributed by atoms with Crippen LogP contribution in [-0.4, -0.2) is 9.38 Å². The van der Waals surface area contributed by atoms with Crippen molar-refractivity contribution in [3.63, 3.8) is 0 Å². The van der Waals surface area contributed by atoms with E-state index >= 15 is 0 Å². The fraction of sp³-hybridized carbons (Fsp3) is 0.500. The van der Waals surface area contributed by atoms with E-state index in [1.807, 2.05) is 18.5 Å². The van der Waals surface area contributed by atoms with Gasteiger partial charge in [-0.2, -0.15) is 0 Å². The van der Waals surface area contributed by atoms with Gasteiger partial charge in [0.05, 0.1) is 11.9 Å². The molecule has 0 radical (unpaired) electrons. The summed E-state index contributed by atoms with van der Waals surface area (Å²) in [6.45, 7) is 6.47. The highest BCUT2D eigenvalue weighted by Crippen LogP contribution is 2.26. The largest absolute Gasteiger partial charge is 0.322 e. The molecule has 0 saturated carbocycles. The van der Waals surface area contributed by atoms with Gasteiger partial charge in [-0.05, 0) is 24.5 Å². The first-order chi connectivity index (χ1) is 8.19. The third kappa shape index (κ3) is 2.07. The van der Waals surface area contributed by atoms with E-state index in [0.29, 0.717) is 5.92 Å². The zero-order valence-corrected chi connectivity index (χ0v) is 10.9. The summed E-state index contributed by atoms with van der Waals surface area (Å²) >= 11 is 0. The maximum atomic E-state index is 6.36. The van der Waals surface area contributed by atoms with Crippen molar-refractivity contribution < 1.29 is 0 Å². The Morgan fingerprint density at radius 3 is 2.71 bits per heavy atom. The predicted octanol–water partition coefficient (Wildman–Crippen LogP) is 3.08. The lowest BCUT2D eigenvalue weighted by Crippen LogP contribution is -2.21. The van der Waals surface area contributed by atoms with Crippen LogP contribution in [0.25, 0.3) is 5.65 Å². The molecule has 0 aliphatic heterocycles. The van der Waals surface area contributed by atoms with Gasteiger partial charge < -0.3 is 10.1 Å². The lowest BCUT2D eigenvalue weighted by Gasteiger charge is -2.20. The van der Waals surface area contributed by atoms with Crippen LogP contribution in [0.2, 0.25) is 0 Å². The Balaban J connectivity index is 2.45. The molecule has 0 fully saturated rings. The van der Waals surface area contributed by atoms with Gasteiger partial charge in [0.1, 0.15) is 5.65 Å². The van der Waals surface area contributed by atoms with Crippen LogP contribution in [0.1, 0.15) is 44.0 Å². The summed E-state index contributed by atoms with van der Waals surface area (Å²) in [4.78, 5) is 4.47. The molecule has 3 heteroatoms. The van der Waals surface area contributed by atoms with E-state index in [4.69, 9.17) is 5.73 Å². The van der Waals surface area contributed by atoms with Crippen LogP contribution in [0.15, 0.2) is 24.5 Å². The van der Waals surface area contributed by atoms with Crippen molar-refractivity contribution in [1.29, 1.82) is 0 Å². The summed E-state index contributed by atoms with van der Waals surface area (Å²) in [7, 11) is 0. The second-order valence-corrected chi connectivity index (χ2v) is 4.67. The second kappa shape index (κ2) is 4.88. The number of hydrogen-bond donors (Lipinski definition) is 1. The number of nitrogens with two attached hydrogens (primary N) is 1. The minimum absolute atomic E-state index is 0.0711. The molecule has 3 nitrogen and oxygen atoms in total. The molecule has 1 atom stereocenters. The average Bonchev–Trinajstić information content (AvgIpc) is 2.75. The molecule has 17 heavy (non-hydrogen) atoms. The SMILES string of the molecule is CCC(CC)C(N)c1cnc2c(C)cccn12. The third-order valence-corrected chi connectivity index (χ3v) is 3.66. The Morgan fingerprint density at radius 2 is 2.06 bits per heavy atom. The lowest BCUT2D eigenvalue weighted by molar-refractivity contribution is 0.397. The van der Waals surface area contributed by atoms with E-state index < -0.39 is 0 Å². The van der Waals surface area contributed by atoms with Crippen molar-refractivity contribution in [1.82, 2.24) is 9.38 Å². The lowest BCUT2D eigenvalue weighted by atomic mass is 9.93. The topological polar surface area (TPSA) is 43.3 Å². The normalized spacial score (nSPS) is 13.5. The number of aryl methyl sites for hydroxylation is 1. The van der Waals surface area contributed by atoms with E-state index in [1.54, 1.807) is 0 Å². The Bertz CT molecular complexity index is 497. The highest BCUT2D eigenvalue weighted by molar-refractivity contribution is 5.48. The van der Waals surface area contributed by atoms with Crippen LogP contribution in [0.4, 0.5) is 0 Å². The number of rotatable bonds is 4. The number of hydrogen-bond acceptors (Lipinski definition) is 2. The Kier molecular flexibility index (Phi) is 3.48. The smallest absolute Gasteiger partial charge is 0.139 e. The molecular formula is C14H21N3. The summed E-state index contributed by atoms with van der Waals surface area (Å²) in [6, 6.07) is 4.20. The van der Waals surface area contributed by atoms with Crippen LogP contribution in [0, 0.1) is 12.8 Å². The molecule has 2 N–H and O–H groups in total. The number of nitrogens with zero attached hydrogens (tertiary/aromatic N) is 2. The minimum atomic E-state index is 0.0711. The standard InChI is InChI=1S/C14H21N3/c1-4-11(5-2)13(15)12-9-16-14-10(3)7-6-8-17(12)14/h6-9,11,13H,4-5,15H2,1-3H3. The molecule has 0 bridgehead atoms. The molecule has 1 unspecified atom stereocenters. The average molecular weight is 231 g/mol. The molecule has 0 aliphatic rings. The van der Waals surface area contributed by atoms with E-state index in [1.165, 1.54) is 5.56 Å². The molecule has 0 aromatic carbocycles. The second-order valence-electron chi connectivity index (χ2n) is 4.67. The summed E-state index contributed by atoms with van der Waals surface area (Å²) in [5, 5.41) is 0.